The van der Waals surface area contributed by atoms with Crippen LogP contribution < -0.4 is 5.73 Å². The van der Waals surface area contributed by atoms with Crippen LogP contribution >= 0.6 is 11.3 Å². The molecule has 0 amide bonds. The molecule has 3 heteroatoms. The van der Waals surface area contributed by atoms with E-state index in [1.165, 1.54) is 42.5 Å². The Hall–Kier alpha value is -1.32. The average molecular weight is 314 g/mol. The highest BCUT2D eigenvalue weighted by molar-refractivity contribution is 7.07. The van der Waals surface area contributed by atoms with Crippen molar-refractivity contribution in [3.05, 3.63) is 51.7 Å². The van der Waals surface area contributed by atoms with Crippen LogP contribution in [-0.2, 0) is 19.3 Å². The third-order valence-electron chi connectivity index (χ3n) is 4.91. The maximum atomic E-state index is 6.12. The number of aryl methyl sites for hydroxylation is 1. The molecule has 1 aliphatic carbocycles. The normalized spacial score (nSPS) is 17.6. The predicted octanol–water partition coefficient (Wildman–Crippen LogP) is 4.14. The van der Waals surface area contributed by atoms with E-state index in [0.717, 1.165) is 25.1 Å². The van der Waals surface area contributed by atoms with Crippen LogP contribution in [-0.4, -0.2) is 24.0 Å². The lowest BCUT2D eigenvalue weighted by Crippen LogP contribution is -2.40. The Balaban J connectivity index is 1.57. The molecule has 1 aromatic carbocycles. The minimum absolute atomic E-state index is 0.682. The van der Waals surface area contributed by atoms with E-state index < -0.39 is 0 Å². The Morgan fingerprint density at radius 2 is 2.23 bits per heavy atom. The van der Waals surface area contributed by atoms with Crippen LogP contribution in [0.15, 0.2) is 35.0 Å². The maximum Gasteiger partial charge on any atom is 0.0349 e. The molecule has 0 aliphatic heterocycles. The molecular formula is C19H26N2S. The molecule has 1 unspecified atom stereocenters. The highest BCUT2D eigenvalue weighted by Gasteiger charge is 2.24. The minimum Gasteiger partial charge on any atom is -0.398 e. The molecule has 0 saturated heterocycles. The highest BCUT2D eigenvalue weighted by Crippen LogP contribution is 2.28. The molecule has 0 saturated carbocycles. The summed E-state index contributed by atoms with van der Waals surface area (Å²) in [5.74, 6) is 0. The first-order valence-corrected chi connectivity index (χ1v) is 9.33. The number of nitrogens with two attached hydrogens (primary N) is 1. The number of nitrogen functional groups attached to an aromatic ring is 1. The van der Waals surface area contributed by atoms with Crippen LogP contribution in [0.1, 0.15) is 36.5 Å². The summed E-state index contributed by atoms with van der Waals surface area (Å²) in [5.41, 5.74) is 11.5. The maximum absolute atomic E-state index is 6.12. The summed E-state index contributed by atoms with van der Waals surface area (Å²) in [5, 5.41) is 4.45. The molecule has 0 bridgehead atoms. The van der Waals surface area contributed by atoms with Crippen molar-refractivity contribution >= 4 is 17.0 Å². The number of benzene rings is 1. The summed E-state index contributed by atoms with van der Waals surface area (Å²) < 4.78 is 0. The van der Waals surface area contributed by atoms with Crippen LogP contribution in [0.2, 0.25) is 0 Å². The van der Waals surface area contributed by atoms with Gasteiger partial charge in [-0.15, -0.1) is 0 Å². The molecule has 3 rings (SSSR count). The Morgan fingerprint density at radius 3 is 3.00 bits per heavy atom. The number of fused-ring (bicyclic) bond motifs is 1. The third-order valence-corrected chi connectivity index (χ3v) is 5.64. The van der Waals surface area contributed by atoms with Gasteiger partial charge in [0.05, 0.1) is 0 Å². The summed E-state index contributed by atoms with van der Waals surface area (Å²) in [6.45, 7) is 4.64. The zero-order valence-electron chi connectivity index (χ0n) is 13.4. The van der Waals surface area contributed by atoms with Gasteiger partial charge < -0.3 is 10.6 Å². The molecule has 22 heavy (non-hydrogen) atoms. The van der Waals surface area contributed by atoms with Crippen molar-refractivity contribution in [3.8, 4) is 0 Å². The van der Waals surface area contributed by atoms with Crippen molar-refractivity contribution < 1.29 is 0 Å². The standard InChI is InChI=1S/C19H26N2S/c1-2-21(11-4-5-15-10-12-22-14-15)17-8-9-18-16(13-17)6-3-7-19(18)20/h3,6-7,10,12,14,17H,2,4-5,8-9,11,13,20H2,1H3. The quantitative estimate of drug-likeness (QED) is 0.812. The second-order valence-corrected chi connectivity index (χ2v) is 7.03. The van der Waals surface area contributed by atoms with Gasteiger partial charge in [-0.05, 0) is 84.8 Å². The molecule has 2 nitrogen and oxygen atoms in total. The van der Waals surface area contributed by atoms with E-state index in [9.17, 15) is 0 Å². The molecule has 118 valence electrons. The van der Waals surface area contributed by atoms with Crippen molar-refractivity contribution in [2.45, 2.75) is 45.1 Å². The summed E-state index contributed by atoms with van der Waals surface area (Å²) >= 11 is 1.80. The largest absolute Gasteiger partial charge is 0.398 e. The van der Waals surface area contributed by atoms with Gasteiger partial charge in [0.2, 0.25) is 0 Å². The van der Waals surface area contributed by atoms with E-state index in [1.54, 1.807) is 11.3 Å². The molecule has 0 spiro atoms. The smallest absolute Gasteiger partial charge is 0.0349 e. The number of hydrogen-bond acceptors (Lipinski definition) is 3. The van der Waals surface area contributed by atoms with Crippen molar-refractivity contribution in [1.82, 2.24) is 4.90 Å². The predicted molar refractivity (Wildman–Crippen MR) is 96.6 cm³/mol. The van der Waals surface area contributed by atoms with E-state index in [4.69, 9.17) is 5.73 Å². The van der Waals surface area contributed by atoms with E-state index in [2.05, 4.69) is 40.8 Å². The Bertz CT molecular complexity index is 591. The van der Waals surface area contributed by atoms with Gasteiger partial charge in [-0.25, -0.2) is 0 Å². The average Bonchev–Trinajstić information content (AvgIpc) is 3.05. The van der Waals surface area contributed by atoms with Crippen LogP contribution in [0.4, 0.5) is 5.69 Å². The summed E-state index contributed by atoms with van der Waals surface area (Å²) in [6.07, 6.45) is 6.00. The van der Waals surface area contributed by atoms with Crippen molar-refractivity contribution in [2.24, 2.45) is 0 Å². The lowest BCUT2D eigenvalue weighted by atomic mass is 9.86. The van der Waals surface area contributed by atoms with Gasteiger partial charge in [0, 0.05) is 11.7 Å². The summed E-state index contributed by atoms with van der Waals surface area (Å²) in [6, 6.07) is 9.33. The van der Waals surface area contributed by atoms with Gasteiger partial charge in [-0.1, -0.05) is 19.1 Å². The molecule has 2 N–H and O–H groups in total. The Morgan fingerprint density at radius 1 is 1.32 bits per heavy atom. The Kier molecular flexibility index (Phi) is 5.16. The lowest BCUT2D eigenvalue weighted by molar-refractivity contribution is 0.187. The van der Waals surface area contributed by atoms with Crippen LogP contribution in [0, 0.1) is 0 Å². The number of likely N-dealkylation sites (N-methyl/N-ethyl adjacent to an activating group) is 1. The second-order valence-electron chi connectivity index (χ2n) is 6.25. The van der Waals surface area contributed by atoms with Gasteiger partial charge in [-0.2, -0.15) is 11.3 Å². The van der Waals surface area contributed by atoms with Crippen LogP contribution in [0.3, 0.4) is 0 Å². The van der Waals surface area contributed by atoms with Gasteiger partial charge in [0.25, 0.3) is 0 Å². The van der Waals surface area contributed by atoms with Gasteiger partial charge in [0.1, 0.15) is 0 Å². The second kappa shape index (κ2) is 7.30. The monoisotopic (exact) mass is 314 g/mol. The number of anilines is 1. The van der Waals surface area contributed by atoms with E-state index in [0.29, 0.717) is 6.04 Å². The van der Waals surface area contributed by atoms with Crippen molar-refractivity contribution in [1.29, 1.82) is 0 Å². The minimum atomic E-state index is 0.682. The SMILES string of the molecule is CCN(CCCc1ccsc1)C1CCc2c(N)cccc2C1. The number of nitrogens with zero attached hydrogens (tertiary/aromatic N) is 1. The van der Waals surface area contributed by atoms with E-state index >= 15 is 0 Å². The fraction of sp³-hybridized carbons (Fsp3) is 0.474. The van der Waals surface area contributed by atoms with Gasteiger partial charge in [0.15, 0.2) is 0 Å². The fourth-order valence-electron chi connectivity index (χ4n) is 3.65. The van der Waals surface area contributed by atoms with Crippen LogP contribution in [0.5, 0.6) is 0 Å². The van der Waals surface area contributed by atoms with Gasteiger partial charge >= 0.3 is 0 Å². The fourth-order valence-corrected chi connectivity index (χ4v) is 4.35. The zero-order valence-corrected chi connectivity index (χ0v) is 14.2. The van der Waals surface area contributed by atoms with E-state index in [1.807, 2.05) is 6.07 Å². The number of thiophene rings is 1. The zero-order chi connectivity index (χ0) is 15.4. The lowest BCUT2D eigenvalue weighted by Gasteiger charge is -2.35. The molecule has 1 aromatic heterocycles. The summed E-state index contributed by atoms with van der Waals surface area (Å²) in [4.78, 5) is 2.67. The third kappa shape index (κ3) is 3.53. The molecular weight excluding hydrogens is 288 g/mol. The van der Waals surface area contributed by atoms with Crippen molar-refractivity contribution in [3.63, 3.8) is 0 Å². The molecule has 1 heterocycles. The molecule has 2 aromatic rings. The summed E-state index contributed by atoms with van der Waals surface area (Å²) in [7, 11) is 0. The molecule has 1 atom stereocenters. The van der Waals surface area contributed by atoms with Crippen LogP contribution in [0.25, 0.3) is 0 Å². The molecule has 1 aliphatic rings. The number of hydrogen-bond donors (Lipinski definition) is 1. The van der Waals surface area contributed by atoms with Crippen molar-refractivity contribution in [2.75, 3.05) is 18.8 Å². The topological polar surface area (TPSA) is 29.3 Å². The Labute approximate surface area is 138 Å². The first kappa shape index (κ1) is 15.6. The van der Waals surface area contributed by atoms with E-state index in [-0.39, 0.29) is 0 Å². The molecule has 0 radical (unpaired) electrons. The highest BCUT2D eigenvalue weighted by atomic mass is 32.1. The molecule has 0 fully saturated rings. The first-order valence-electron chi connectivity index (χ1n) is 8.39. The number of rotatable bonds is 6. The van der Waals surface area contributed by atoms with Gasteiger partial charge in [-0.3, -0.25) is 0 Å². The first-order chi connectivity index (χ1) is 10.8.